The molecule has 1 fully saturated rings. The summed E-state index contributed by atoms with van der Waals surface area (Å²) in [4.78, 5) is 12.1. The summed E-state index contributed by atoms with van der Waals surface area (Å²) in [5.74, 6) is 0. The third-order valence-corrected chi connectivity index (χ3v) is 4.37. The number of nitrogens with zero attached hydrogens (tertiary/aromatic N) is 1. The van der Waals surface area contributed by atoms with E-state index in [9.17, 15) is 4.79 Å². The second-order valence-corrected chi connectivity index (χ2v) is 5.69. The quantitative estimate of drug-likeness (QED) is 0.848. The minimum Gasteiger partial charge on any atom is -0.399 e. The number of hydrogen-bond donors (Lipinski definition) is 2. The van der Waals surface area contributed by atoms with Gasteiger partial charge < -0.3 is 20.4 Å². The van der Waals surface area contributed by atoms with Gasteiger partial charge in [0.1, 0.15) is 0 Å². The molecule has 0 bridgehead atoms. The van der Waals surface area contributed by atoms with Gasteiger partial charge in [0.25, 0.3) is 5.56 Å². The average molecular weight is 287 g/mol. The largest absolute Gasteiger partial charge is 0.399 e. The van der Waals surface area contributed by atoms with E-state index >= 15 is 0 Å². The topological polar surface area (TPSA) is 69.3 Å². The van der Waals surface area contributed by atoms with Crippen LogP contribution in [-0.2, 0) is 11.8 Å². The van der Waals surface area contributed by atoms with Crippen LogP contribution in [0, 0.1) is 0 Å². The molecule has 112 valence electrons. The van der Waals surface area contributed by atoms with Crippen LogP contribution in [0.15, 0.2) is 29.1 Å². The van der Waals surface area contributed by atoms with Gasteiger partial charge in [-0.25, -0.2) is 0 Å². The summed E-state index contributed by atoms with van der Waals surface area (Å²) in [5, 5.41) is 4.46. The zero-order valence-electron chi connectivity index (χ0n) is 12.4. The Bertz CT molecular complexity index is 723. The average Bonchev–Trinajstić information content (AvgIpc) is 2.91. The fourth-order valence-electron chi connectivity index (χ4n) is 3.17. The standard InChI is InChI=1S/C16H21N3O2/c1-19-14-7-6-10(17)8-11(14)13(9-16(19)20)18-12-4-3-5-15(12)21-2/h6-9,12,15,18H,3-5,17H2,1-2H3/t12-,15?/m0/s1. The molecule has 3 N–H and O–H groups in total. The summed E-state index contributed by atoms with van der Waals surface area (Å²) in [6.07, 6.45) is 3.45. The van der Waals surface area contributed by atoms with Crippen LogP contribution in [0.3, 0.4) is 0 Å². The van der Waals surface area contributed by atoms with E-state index in [4.69, 9.17) is 10.5 Å². The molecule has 1 aliphatic rings. The van der Waals surface area contributed by atoms with Crippen molar-refractivity contribution in [2.45, 2.75) is 31.4 Å². The van der Waals surface area contributed by atoms with Crippen LogP contribution in [0.25, 0.3) is 10.9 Å². The van der Waals surface area contributed by atoms with Crippen molar-refractivity contribution in [2.24, 2.45) is 7.05 Å². The number of nitrogens with two attached hydrogens (primary N) is 1. The predicted octanol–water partition coefficient (Wildman–Crippen LogP) is 2.10. The molecule has 0 radical (unpaired) electrons. The molecule has 3 rings (SSSR count). The number of nitrogens with one attached hydrogen (secondary N) is 1. The van der Waals surface area contributed by atoms with Crippen molar-refractivity contribution in [3.05, 3.63) is 34.6 Å². The highest BCUT2D eigenvalue weighted by atomic mass is 16.5. The molecule has 0 saturated heterocycles. The van der Waals surface area contributed by atoms with E-state index in [0.717, 1.165) is 35.9 Å². The summed E-state index contributed by atoms with van der Waals surface area (Å²) < 4.78 is 7.16. The monoisotopic (exact) mass is 287 g/mol. The minimum atomic E-state index is -0.0262. The lowest BCUT2D eigenvalue weighted by Crippen LogP contribution is -2.30. The summed E-state index contributed by atoms with van der Waals surface area (Å²) in [6, 6.07) is 7.51. The van der Waals surface area contributed by atoms with Crippen molar-refractivity contribution in [1.82, 2.24) is 4.57 Å². The summed E-state index contributed by atoms with van der Waals surface area (Å²) in [5.41, 5.74) is 8.29. The van der Waals surface area contributed by atoms with Crippen molar-refractivity contribution >= 4 is 22.3 Å². The second kappa shape index (κ2) is 5.41. The van der Waals surface area contributed by atoms with Crippen LogP contribution in [-0.4, -0.2) is 23.8 Å². The first-order chi connectivity index (χ1) is 10.1. The molecule has 5 heteroatoms. The molecule has 1 unspecified atom stereocenters. The molecule has 21 heavy (non-hydrogen) atoms. The van der Waals surface area contributed by atoms with Gasteiger partial charge in [0.15, 0.2) is 0 Å². The first kappa shape index (κ1) is 13.9. The fraction of sp³-hybridized carbons (Fsp3) is 0.438. The van der Waals surface area contributed by atoms with Crippen molar-refractivity contribution in [3.63, 3.8) is 0 Å². The molecule has 5 nitrogen and oxygen atoms in total. The lowest BCUT2D eigenvalue weighted by atomic mass is 10.1. The summed E-state index contributed by atoms with van der Waals surface area (Å²) in [7, 11) is 3.52. The third-order valence-electron chi connectivity index (χ3n) is 4.37. The number of benzene rings is 1. The van der Waals surface area contributed by atoms with E-state index < -0.39 is 0 Å². The van der Waals surface area contributed by atoms with Crippen molar-refractivity contribution in [1.29, 1.82) is 0 Å². The number of pyridine rings is 1. The second-order valence-electron chi connectivity index (χ2n) is 5.69. The number of fused-ring (bicyclic) bond motifs is 1. The van der Waals surface area contributed by atoms with Crippen molar-refractivity contribution in [3.8, 4) is 0 Å². The minimum absolute atomic E-state index is 0.0262. The van der Waals surface area contributed by atoms with Gasteiger partial charge in [-0.3, -0.25) is 4.79 Å². The maximum Gasteiger partial charge on any atom is 0.252 e. The molecule has 2 atom stereocenters. The van der Waals surface area contributed by atoms with Crippen LogP contribution in [0.4, 0.5) is 11.4 Å². The third kappa shape index (κ3) is 2.49. The molecule has 1 saturated carbocycles. The number of methoxy groups -OCH3 is 1. The molecule has 1 aromatic carbocycles. The number of aryl methyl sites for hydroxylation is 1. The van der Waals surface area contributed by atoms with Crippen LogP contribution >= 0.6 is 0 Å². The van der Waals surface area contributed by atoms with E-state index in [1.54, 1.807) is 24.8 Å². The number of hydrogen-bond acceptors (Lipinski definition) is 4. The van der Waals surface area contributed by atoms with Gasteiger partial charge in [-0.2, -0.15) is 0 Å². The van der Waals surface area contributed by atoms with Gasteiger partial charge >= 0.3 is 0 Å². The maximum absolute atomic E-state index is 12.1. The van der Waals surface area contributed by atoms with Gasteiger partial charge in [0, 0.05) is 37.0 Å². The van der Waals surface area contributed by atoms with E-state index in [-0.39, 0.29) is 17.7 Å². The Balaban J connectivity index is 2.07. The Hall–Kier alpha value is -2.01. The van der Waals surface area contributed by atoms with Gasteiger partial charge in [-0.15, -0.1) is 0 Å². The van der Waals surface area contributed by atoms with E-state index in [1.807, 2.05) is 18.2 Å². The van der Waals surface area contributed by atoms with Gasteiger partial charge in [0.05, 0.1) is 17.7 Å². The number of rotatable bonds is 3. The Labute approximate surface area is 123 Å². The number of nitrogen functional groups attached to an aromatic ring is 1. The summed E-state index contributed by atoms with van der Waals surface area (Å²) in [6.45, 7) is 0. The van der Waals surface area contributed by atoms with Gasteiger partial charge in [0.2, 0.25) is 0 Å². The molecular weight excluding hydrogens is 266 g/mol. The Morgan fingerprint density at radius 2 is 2.14 bits per heavy atom. The Morgan fingerprint density at radius 1 is 1.33 bits per heavy atom. The van der Waals surface area contributed by atoms with E-state index in [2.05, 4.69) is 5.32 Å². The van der Waals surface area contributed by atoms with Gasteiger partial charge in [-0.05, 0) is 37.5 Å². The lowest BCUT2D eigenvalue weighted by molar-refractivity contribution is 0.101. The smallest absolute Gasteiger partial charge is 0.252 e. The summed E-state index contributed by atoms with van der Waals surface area (Å²) >= 11 is 0. The fourth-order valence-corrected chi connectivity index (χ4v) is 3.17. The van der Waals surface area contributed by atoms with E-state index in [0.29, 0.717) is 5.69 Å². The zero-order chi connectivity index (χ0) is 15.0. The SMILES string of the molecule is COC1CCC[C@@H]1Nc1cc(=O)n(C)c2ccc(N)cc12. The first-order valence-electron chi connectivity index (χ1n) is 7.29. The molecule has 1 aliphatic carbocycles. The number of ether oxygens (including phenoxy) is 1. The van der Waals surface area contributed by atoms with Crippen LogP contribution in [0.2, 0.25) is 0 Å². The Morgan fingerprint density at radius 3 is 2.90 bits per heavy atom. The highest BCUT2D eigenvalue weighted by molar-refractivity contribution is 5.93. The van der Waals surface area contributed by atoms with E-state index in [1.165, 1.54) is 0 Å². The highest BCUT2D eigenvalue weighted by Gasteiger charge is 2.27. The molecular formula is C16H21N3O2. The number of aromatic nitrogens is 1. The Kier molecular flexibility index (Phi) is 3.59. The van der Waals surface area contributed by atoms with Crippen LogP contribution in [0.1, 0.15) is 19.3 Å². The number of anilines is 2. The molecule has 0 amide bonds. The maximum atomic E-state index is 12.1. The van der Waals surface area contributed by atoms with Crippen molar-refractivity contribution in [2.75, 3.05) is 18.2 Å². The first-order valence-corrected chi connectivity index (χ1v) is 7.29. The van der Waals surface area contributed by atoms with Crippen molar-refractivity contribution < 1.29 is 4.74 Å². The molecule has 1 heterocycles. The van der Waals surface area contributed by atoms with Crippen LogP contribution in [0.5, 0.6) is 0 Å². The lowest BCUT2D eigenvalue weighted by Gasteiger charge is -2.22. The molecule has 2 aromatic rings. The zero-order valence-corrected chi connectivity index (χ0v) is 12.4. The predicted molar refractivity (Wildman–Crippen MR) is 85.7 cm³/mol. The normalized spacial score (nSPS) is 21.8. The highest BCUT2D eigenvalue weighted by Crippen LogP contribution is 2.29. The molecule has 0 aliphatic heterocycles. The van der Waals surface area contributed by atoms with Crippen LogP contribution < -0.4 is 16.6 Å². The molecule has 0 spiro atoms. The molecule has 1 aromatic heterocycles. The van der Waals surface area contributed by atoms with Gasteiger partial charge in [-0.1, -0.05) is 0 Å².